The number of ether oxygens (including phenoxy) is 3. The number of nitrogens with one attached hydrogen (secondary N) is 1. The molecule has 1 atom stereocenters. The Kier molecular flexibility index (Phi) is 4.73. The van der Waals surface area contributed by atoms with Crippen molar-refractivity contribution in [2.75, 3.05) is 27.4 Å². The van der Waals surface area contributed by atoms with Crippen LogP contribution in [0.4, 0.5) is 0 Å². The van der Waals surface area contributed by atoms with Crippen LogP contribution in [0, 0.1) is 0 Å². The maximum absolute atomic E-state index is 5.74. The van der Waals surface area contributed by atoms with Crippen LogP contribution in [0.2, 0.25) is 0 Å². The van der Waals surface area contributed by atoms with Crippen molar-refractivity contribution < 1.29 is 14.2 Å². The predicted molar refractivity (Wildman–Crippen MR) is 97.5 cm³/mol. The largest absolute Gasteiger partial charge is 0.497 e. The molecule has 0 aliphatic carbocycles. The van der Waals surface area contributed by atoms with Crippen LogP contribution < -0.4 is 14.8 Å². The van der Waals surface area contributed by atoms with Gasteiger partial charge in [-0.3, -0.25) is 0 Å². The van der Waals surface area contributed by atoms with Gasteiger partial charge in [-0.1, -0.05) is 6.07 Å². The summed E-state index contributed by atoms with van der Waals surface area (Å²) in [5.74, 6) is 2.40. The standard InChI is InChI=1S/C19H22N4O3/c1-24-15-4-5-17-16(7-15)22-18-12-26-11-14(23(17)18)10-20-8-13-3-6-19(25-2)21-9-13/h3-7,9,14,20H,8,10-12H2,1-2H3. The lowest BCUT2D eigenvalue weighted by Crippen LogP contribution is -2.32. The van der Waals surface area contributed by atoms with Crippen LogP contribution >= 0.6 is 0 Å². The van der Waals surface area contributed by atoms with Crippen molar-refractivity contribution in [3.63, 3.8) is 0 Å². The highest BCUT2D eigenvalue weighted by molar-refractivity contribution is 5.78. The third-order valence-corrected chi connectivity index (χ3v) is 4.59. The van der Waals surface area contributed by atoms with Gasteiger partial charge >= 0.3 is 0 Å². The molecule has 26 heavy (non-hydrogen) atoms. The summed E-state index contributed by atoms with van der Waals surface area (Å²) < 4.78 is 18.4. The van der Waals surface area contributed by atoms with Crippen molar-refractivity contribution in [3.8, 4) is 11.6 Å². The molecule has 0 radical (unpaired) electrons. The van der Waals surface area contributed by atoms with E-state index in [4.69, 9.17) is 19.2 Å². The highest BCUT2D eigenvalue weighted by Gasteiger charge is 2.23. The number of methoxy groups -OCH3 is 2. The molecule has 0 saturated heterocycles. The molecule has 136 valence electrons. The van der Waals surface area contributed by atoms with Gasteiger partial charge in [0.1, 0.15) is 18.2 Å². The molecule has 3 heterocycles. The second-order valence-corrected chi connectivity index (χ2v) is 6.26. The Balaban J connectivity index is 1.48. The zero-order valence-corrected chi connectivity index (χ0v) is 14.9. The van der Waals surface area contributed by atoms with Crippen LogP contribution in [0.15, 0.2) is 36.5 Å². The molecule has 1 aromatic carbocycles. The molecule has 1 aliphatic heterocycles. The van der Waals surface area contributed by atoms with Crippen LogP contribution in [0.3, 0.4) is 0 Å². The first-order chi connectivity index (χ1) is 12.8. The van der Waals surface area contributed by atoms with Gasteiger partial charge in [-0.05, 0) is 17.7 Å². The smallest absolute Gasteiger partial charge is 0.212 e. The number of imidazole rings is 1. The molecule has 1 unspecified atom stereocenters. The van der Waals surface area contributed by atoms with Crippen molar-refractivity contribution in [1.82, 2.24) is 19.9 Å². The van der Waals surface area contributed by atoms with E-state index in [-0.39, 0.29) is 6.04 Å². The van der Waals surface area contributed by atoms with Gasteiger partial charge in [0.05, 0.1) is 37.9 Å². The Morgan fingerprint density at radius 2 is 2.15 bits per heavy atom. The van der Waals surface area contributed by atoms with Crippen molar-refractivity contribution in [2.45, 2.75) is 19.2 Å². The van der Waals surface area contributed by atoms with Crippen molar-refractivity contribution in [3.05, 3.63) is 47.9 Å². The molecule has 4 rings (SSSR count). The van der Waals surface area contributed by atoms with E-state index in [0.717, 1.165) is 41.3 Å². The number of fused-ring (bicyclic) bond motifs is 3. The van der Waals surface area contributed by atoms with Crippen molar-refractivity contribution in [1.29, 1.82) is 0 Å². The number of benzene rings is 1. The Morgan fingerprint density at radius 1 is 1.23 bits per heavy atom. The number of rotatable bonds is 6. The molecule has 2 aromatic heterocycles. The summed E-state index contributed by atoms with van der Waals surface area (Å²) in [6, 6.07) is 10.1. The minimum Gasteiger partial charge on any atom is -0.497 e. The maximum Gasteiger partial charge on any atom is 0.212 e. The Morgan fingerprint density at radius 3 is 2.92 bits per heavy atom. The SMILES string of the molecule is COc1ccc2c(c1)nc1n2C(CNCc2ccc(OC)nc2)COC1. The molecule has 0 amide bonds. The third-order valence-electron chi connectivity index (χ3n) is 4.59. The quantitative estimate of drug-likeness (QED) is 0.732. The molecule has 0 saturated carbocycles. The predicted octanol–water partition coefficient (Wildman–Crippen LogP) is 2.31. The summed E-state index contributed by atoms with van der Waals surface area (Å²) >= 11 is 0. The van der Waals surface area contributed by atoms with Gasteiger partial charge in [-0.25, -0.2) is 9.97 Å². The first-order valence-corrected chi connectivity index (χ1v) is 8.60. The summed E-state index contributed by atoms with van der Waals surface area (Å²) in [6.45, 7) is 2.73. The molecular formula is C19H22N4O3. The zero-order chi connectivity index (χ0) is 17.9. The van der Waals surface area contributed by atoms with E-state index in [1.54, 1.807) is 14.2 Å². The van der Waals surface area contributed by atoms with Gasteiger partial charge in [-0.2, -0.15) is 0 Å². The molecule has 1 aliphatic rings. The van der Waals surface area contributed by atoms with Crippen LogP contribution in [0.5, 0.6) is 11.6 Å². The molecule has 1 N–H and O–H groups in total. The molecule has 0 spiro atoms. The summed E-state index contributed by atoms with van der Waals surface area (Å²) in [7, 11) is 3.28. The Bertz CT molecular complexity index is 892. The van der Waals surface area contributed by atoms with E-state index in [9.17, 15) is 0 Å². The lowest BCUT2D eigenvalue weighted by molar-refractivity contribution is 0.0564. The van der Waals surface area contributed by atoms with Gasteiger partial charge < -0.3 is 24.1 Å². The van der Waals surface area contributed by atoms with E-state index in [1.165, 1.54) is 0 Å². The molecular weight excluding hydrogens is 332 g/mol. The first-order valence-electron chi connectivity index (χ1n) is 8.60. The summed E-state index contributed by atoms with van der Waals surface area (Å²) in [5, 5.41) is 3.49. The molecule has 0 bridgehead atoms. The van der Waals surface area contributed by atoms with Gasteiger partial charge in [-0.15, -0.1) is 0 Å². The molecule has 3 aromatic rings. The van der Waals surface area contributed by atoms with Crippen molar-refractivity contribution in [2.24, 2.45) is 0 Å². The van der Waals surface area contributed by atoms with Gasteiger partial charge in [0, 0.05) is 31.4 Å². The molecule has 7 heteroatoms. The van der Waals surface area contributed by atoms with E-state index in [2.05, 4.69) is 20.9 Å². The fourth-order valence-corrected chi connectivity index (χ4v) is 3.30. The van der Waals surface area contributed by atoms with Crippen LogP contribution in [-0.2, 0) is 17.9 Å². The number of aromatic nitrogens is 3. The van der Waals surface area contributed by atoms with Gasteiger partial charge in [0.2, 0.25) is 5.88 Å². The molecule has 0 fully saturated rings. The van der Waals surface area contributed by atoms with E-state index < -0.39 is 0 Å². The van der Waals surface area contributed by atoms with Gasteiger partial charge in [0.25, 0.3) is 0 Å². The van der Waals surface area contributed by atoms with Crippen molar-refractivity contribution >= 4 is 11.0 Å². The van der Waals surface area contributed by atoms with Crippen LogP contribution in [0.1, 0.15) is 17.4 Å². The second kappa shape index (κ2) is 7.31. The van der Waals surface area contributed by atoms with Gasteiger partial charge in [0.15, 0.2) is 0 Å². The lowest BCUT2D eigenvalue weighted by atomic mass is 10.2. The van der Waals surface area contributed by atoms with E-state index in [1.807, 2.05) is 30.5 Å². The minimum absolute atomic E-state index is 0.198. The normalized spacial score (nSPS) is 16.5. The highest BCUT2D eigenvalue weighted by Crippen LogP contribution is 2.28. The average molecular weight is 354 g/mol. The van der Waals surface area contributed by atoms with Crippen LogP contribution in [-0.4, -0.2) is 41.9 Å². The Labute approximate surface area is 151 Å². The maximum atomic E-state index is 5.74. The van der Waals surface area contributed by atoms with Crippen LogP contribution in [0.25, 0.3) is 11.0 Å². The zero-order valence-electron chi connectivity index (χ0n) is 14.9. The fourth-order valence-electron chi connectivity index (χ4n) is 3.30. The summed E-state index contributed by atoms with van der Waals surface area (Å²) in [4.78, 5) is 8.94. The molecule has 7 nitrogen and oxygen atoms in total. The lowest BCUT2D eigenvalue weighted by Gasteiger charge is -2.26. The third kappa shape index (κ3) is 3.23. The first kappa shape index (κ1) is 16.8. The topological polar surface area (TPSA) is 70.4 Å². The average Bonchev–Trinajstić information content (AvgIpc) is 3.07. The Hall–Kier alpha value is -2.64. The minimum atomic E-state index is 0.198. The fraction of sp³-hybridized carbons (Fsp3) is 0.368. The summed E-state index contributed by atoms with van der Waals surface area (Å²) in [6.07, 6.45) is 1.83. The number of nitrogens with zero attached hydrogens (tertiary/aromatic N) is 3. The number of pyridine rings is 1. The van der Waals surface area contributed by atoms with E-state index in [0.29, 0.717) is 19.1 Å². The number of hydrogen-bond acceptors (Lipinski definition) is 6. The second-order valence-electron chi connectivity index (χ2n) is 6.26. The monoisotopic (exact) mass is 354 g/mol. The summed E-state index contributed by atoms with van der Waals surface area (Å²) in [5.41, 5.74) is 3.17. The number of hydrogen-bond donors (Lipinski definition) is 1. The van der Waals surface area contributed by atoms with E-state index >= 15 is 0 Å². The highest BCUT2D eigenvalue weighted by atomic mass is 16.5.